The highest BCUT2D eigenvalue weighted by Crippen LogP contribution is 2.33. The average molecular weight is 283 g/mol. The molecule has 2 rings (SSSR count). The molecule has 1 aromatic heterocycles. The first-order valence-electron chi connectivity index (χ1n) is 5.62. The van der Waals surface area contributed by atoms with E-state index in [4.69, 9.17) is 5.73 Å². The van der Waals surface area contributed by atoms with Crippen molar-refractivity contribution in [2.45, 2.75) is 12.5 Å². The van der Waals surface area contributed by atoms with Crippen LogP contribution in [0.3, 0.4) is 0 Å². The number of carbonyl (C=O) groups excluding carboxylic acids is 2. The van der Waals surface area contributed by atoms with Gasteiger partial charge in [0.2, 0.25) is 5.91 Å². The van der Waals surface area contributed by atoms with Gasteiger partial charge in [-0.3, -0.25) is 4.79 Å². The lowest BCUT2D eigenvalue weighted by atomic mass is 10.0. The van der Waals surface area contributed by atoms with Crippen LogP contribution in [0.2, 0.25) is 0 Å². The maximum atomic E-state index is 11.9. The van der Waals surface area contributed by atoms with E-state index in [1.165, 1.54) is 16.2 Å². The second-order valence-corrected chi connectivity index (χ2v) is 5.11. The number of nitrogens with zero attached hydrogens (tertiary/aromatic N) is 1. The highest BCUT2D eigenvalue weighted by atomic mass is 32.1. The Morgan fingerprint density at radius 1 is 1.53 bits per heavy atom. The summed E-state index contributed by atoms with van der Waals surface area (Å²) in [6.07, 6.45) is 0.612. The van der Waals surface area contributed by atoms with E-state index in [1.807, 2.05) is 5.38 Å². The Balaban J connectivity index is 2.19. The molecule has 19 heavy (non-hydrogen) atoms. The molecule has 4 N–H and O–H groups in total. The molecule has 1 aliphatic heterocycles. The van der Waals surface area contributed by atoms with Gasteiger partial charge in [0.15, 0.2) is 6.04 Å². The van der Waals surface area contributed by atoms with Gasteiger partial charge in [0.05, 0.1) is 6.54 Å². The third-order valence-corrected chi connectivity index (χ3v) is 3.87. The maximum Gasteiger partial charge on any atom is 0.331 e. The van der Waals surface area contributed by atoms with Gasteiger partial charge >= 0.3 is 12.0 Å². The van der Waals surface area contributed by atoms with E-state index in [-0.39, 0.29) is 6.54 Å². The van der Waals surface area contributed by atoms with E-state index in [2.05, 4.69) is 5.32 Å². The van der Waals surface area contributed by atoms with E-state index in [0.717, 1.165) is 4.88 Å². The van der Waals surface area contributed by atoms with Gasteiger partial charge in [0.25, 0.3) is 0 Å². The Labute approximate surface area is 113 Å². The molecule has 7 nitrogen and oxygen atoms in total. The Hall–Kier alpha value is -2.09. The summed E-state index contributed by atoms with van der Waals surface area (Å²) in [6, 6.07) is 0.109. The molecule has 0 bridgehead atoms. The second kappa shape index (κ2) is 5.27. The topological polar surface area (TPSA) is 113 Å². The van der Waals surface area contributed by atoms with Crippen molar-refractivity contribution in [3.8, 4) is 0 Å². The fourth-order valence-corrected chi connectivity index (χ4v) is 2.97. The summed E-state index contributed by atoms with van der Waals surface area (Å²) in [5.41, 5.74) is 5.57. The lowest BCUT2D eigenvalue weighted by molar-refractivity contribution is -0.142. The van der Waals surface area contributed by atoms with Crippen LogP contribution in [0.5, 0.6) is 0 Å². The molecular formula is C11H13N3O4S. The van der Waals surface area contributed by atoms with Crippen molar-refractivity contribution >= 4 is 29.2 Å². The molecule has 1 atom stereocenters. The highest BCUT2D eigenvalue weighted by molar-refractivity contribution is 7.10. The molecule has 2 heterocycles. The van der Waals surface area contributed by atoms with Crippen molar-refractivity contribution in [1.29, 1.82) is 0 Å². The molecule has 1 aromatic rings. The van der Waals surface area contributed by atoms with Gasteiger partial charge in [0.1, 0.15) is 0 Å². The fraction of sp³-hybridized carbons (Fsp3) is 0.364. The molecular weight excluding hydrogens is 270 g/mol. The SMILES string of the molecule is NC(=O)CNC(=O)N1CCc2sccc2C1C(=O)O. The summed E-state index contributed by atoms with van der Waals surface area (Å²) >= 11 is 1.48. The number of carbonyl (C=O) groups is 3. The zero-order chi connectivity index (χ0) is 14.0. The number of rotatable bonds is 3. The van der Waals surface area contributed by atoms with E-state index >= 15 is 0 Å². The first-order valence-corrected chi connectivity index (χ1v) is 6.50. The van der Waals surface area contributed by atoms with Gasteiger partial charge in [-0.2, -0.15) is 0 Å². The predicted octanol–water partition coefficient (Wildman–Crippen LogP) is -0.0732. The van der Waals surface area contributed by atoms with Crippen LogP contribution in [0, 0.1) is 0 Å². The Bertz CT molecular complexity index is 528. The van der Waals surface area contributed by atoms with Crippen LogP contribution >= 0.6 is 11.3 Å². The first-order chi connectivity index (χ1) is 9.00. The molecule has 3 amide bonds. The summed E-state index contributed by atoms with van der Waals surface area (Å²) in [5.74, 6) is -1.76. The van der Waals surface area contributed by atoms with Crippen molar-refractivity contribution in [2.24, 2.45) is 5.73 Å². The molecule has 8 heteroatoms. The molecule has 0 fully saturated rings. The number of carboxylic acid groups (broad SMARTS) is 1. The number of hydrogen-bond acceptors (Lipinski definition) is 4. The molecule has 1 aliphatic rings. The number of aliphatic carboxylic acids is 1. The third-order valence-electron chi connectivity index (χ3n) is 2.87. The standard InChI is InChI=1S/C11H13N3O4S/c12-8(15)5-13-11(18)14-3-1-7-6(2-4-19-7)9(14)10(16)17/h2,4,9H,1,3,5H2,(H2,12,15)(H,13,18)(H,16,17). The summed E-state index contributed by atoms with van der Waals surface area (Å²) in [4.78, 5) is 36.1. The van der Waals surface area contributed by atoms with Crippen molar-refractivity contribution < 1.29 is 19.5 Å². The number of amides is 3. The minimum absolute atomic E-state index is 0.301. The first kappa shape index (κ1) is 13.3. The van der Waals surface area contributed by atoms with Gasteiger partial charge < -0.3 is 21.1 Å². The highest BCUT2D eigenvalue weighted by Gasteiger charge is 2.36. The van der Waals surface area contributed by atoms with Crippen LogP contribution in [0.15, 0.2) is 11.4 Å². The van der Waals surface area contributed by atoms with Crippen LogP contribution in [0.1, 0.15) is 16.5 Å². The predicted molar refractivity (Wildman–Crippen MR) is 67.7 cm³/mol. The lowest BCUT2D eigenvalue weighted by Gasteiger charge is -2.32. The van der Waals surface area contributed by atoms with Crippen LogP contribution in [-0.2, 0) is 16.0 Å². The molecule has 0 aliphatic carbocycles. The van der Waals surface area contributed by atoms with E-state index < -0.39 is 23.9 Å². The van der Waals surface area contributed by atoms with Crippen molar-refractivity contribution in [2.75, 3.05) is 13.1 Å². The average Bonchev–Trinajstić information content (AvgIpc) is 2.82. The Morgan fingerprint density at radius 3 is 2.89 bits per heavy atom. The summed E-state index contributed by atoms with van der Waals surface area (Å²) in [5, 5.41) is 13.4. The van der Waals surface area contributed by atoms with Gasteiger partial charge in [-0.25, -0.2) is 9.59 Å². The number of nitrogens with two attached hydrogens (primary N) is 1. The lowest BCUT2D eigenvalue weighted by Crippen LogP contribution is -2.49. The molecule has 0 saturated carbocycles. The number of nitrogens with one attached hydrogen (secondary N) is 1. The molecule has 0 aromatic carbocycles. The monoisotopic (exact) mass is 283 g/mol. The van der Waals surface area contributed by atoms with E-state index in [9.17, 15) is 19.5 Å². The summed E-state index contributed by atoms with van der Waals surface area (Å²) in [7, 11) is 0. The quantitative estimate of drug-likeness (QED) is 0.720. The van der Waals surface area contributed by atoms with E-state index in [0.29, 0.717) is 18.5 Å². The fourth-order valence-electron chi connectivity index (χ4n) is 2.07. The van der Waals surface area contributed by atoms with Crippen molar-refractivity contribution in [3.63, 3.8) is 0 Å². The number of thiophene rings is 1. The maximum absolute atomic E-state index is 11.9. The molecule has 0 radical (unpaired) electrons. The van der Waals surface area contributed by atoms with Crippen LogP contribution in [0.4, 0.5) is 4.79 Å². The van der Waals surface area contributed by atoms with Crippen molar-refractivity contribution in [3.05, 3.63) is 21.9 Å². The van der Waals surface area contributed by atoms with Gasteiger partial charge in [-0.1, -0.05) is 0 Å². The van der Waals surface area contributed by atoms with Crippen LogP contribution in [0.25, 0.3) is 0 Å². The van der Waals surface area contributed by atoms with Crippen LogP contribution < -0.4 is 11.1 Å². The van der Waals surface area contributed by atoms with E-state index in [1.54, 1.807) is 6.07 Å². The van der Waals surface area contributed by atoms with Gasteiger partial charge in [-0.05, 0) is 23.4 Å². The van der Waals surface area contributed by atoms with Crippen LogP contribution in [-0.4, -0.2) is 41.0 Å². The normalized spacial score (nSPS) is 17.7. The number of primary amides is 1. The number of carboxylic acids is 1. The Kier molecular flexibility index (Phi) is 3.70. The molecule has 102 valence electrons. The van der Waals surface area contributed by atoms with Gasteiger partial charge in [-0.15, -0.1) is 11.3 Å². The van der Waals surface area contributed by atoms with Crippen molar-refractivity contribution in [1.82, 2.24) is 10.2 Å². The van der Waals surface area contributed by atoms with Gasteiger partial charge in [0, 0.05) is 11.4 Å². The smallest absolute Gasteiger partial charge is 0.331 e. The minimum atomic E-state index is -1.09. The number of fused-ring (bicyclic) bond motifs is 1. The second-order valence-electron chi connectivity index (χ2n) is 4.11. The summed E-state index contributed by atoms with van der Waals surface area (Å²) in [6.45, 7) is -0.00670. The minimum Gasteiger partial charge on any atom is -0.479 e. The largest absolute Gasteiger partial charge is 0.479 e. The molecule has 0 saturated heterocycles. The third kappa shape index (κ3) is 2.68. The zero-order valence-corrected chi connectivity index (χ0v) is 10.8. The number of hydrogen-bond donors (Lipinski definition) is 3. The summed E-state index contributed by atoms with van der Waals surface area (Å²) < 4.78 is 0. The zero-order valence-electron chi connectivity index (χ0n) is 9.96. The molecule has 0 spiro atoms. The number of urea groups is 1. The molecule has 1 unspecified atom stereocenters. The Morgan fingerprint density at radius 2 is 2.26 bits per heavy atom.